The number of nitrogens with one attached hydrogen (secondary N) is 2. The van der Waals surface area contributed by atoms with Crippen molar-refractivity contribution in [3.63, 3.8) is 0 Å². The highest BCUT2D eigenvalue weighted by atomic mass is 16.3. The molecule has 0 heterocycles. The summed E-state index contributed by atoms with van der Waals surface area (Å²) >= 11 is 0. The van der Waals surface area contributed by atoms with E-state index < -0.39 is 24.8 Å². The maximum Gasteiger partial charge on any atom is 0.315 e. The van der Waals surface area contributed by atoms with Gasteiger partial charge in [-0.15, -0.1) is 0 Å². The number of amides is 2. The van der Waals surface area contributed by atoms with Crippen molar-refractivity contribution >= 4 is 6.03 Å². The molecule has 0 rings (SSSR count). The van der Waals surface area contributed by atoms with Crippen molar-refractivity contribution in [3.8, 4) is 0 Å². The van der Waals surface area contributed by atoms with Crippen LogP contribution in [0.1, 0.15) is 116 Å². The Hall–Kier alpha value is -0.850. The van der Waals surface area contributed by atoms with E-state index in [0.29, 0.717) is 6.54 Å². The molecule has 0 radical (unpaired) electrons. The van der Waals surface area contributed by atoms with E-state index in [1.54, 1.807) is 0 Å². The average Bonchev–Trinajstić information content (AvgIpc) is 2.75. The van der Waals surface area contributed by atoms with Crippen LogP contribution in [-0.4, -0.2) is 53.3 Å². The number of urea groups is 1. The number of carbonyl (C=O) groups is 1. The first-order valence-electron chi connectivity index (χ1n) is 12.5. The normalized spacial score (nSPS) is 11.6. The highest BCUT2D eigenvalue weighted by molar-refractivity contribution is 5.74. The molecular weight excluding hydrogens is 380 g/mol. The van der Waals surface area contributed by atoms with Crippen LogP contribution >= 0.6 is 0 Å². The monoisotopic (exact) mass is 430 g/mol. The van der Waals surface area contributed by atoms with Crippen LogP contribution < -0.4 is 10.6 Å². The summed E-state index contributed by atoms with van der Waals surface area (Å²) in [6.07, 6.45) is 21.2. The third-order valence-corrected chi connectivity index (χ3v) is 5.89. The van der Waals surface area contributed by atoms with Crippen LogP contribution in [0.25, 0.3) is 0 Å². The van der Waals surface area contributed by atoms with Gasteiger partial charge >= 0.3 is 6.03 Å². The maximum absolute atomic E-state index is 11.9. The van der Waals surface area contributed by atoms with Gasteiger partial charge in [-0.1, -0.05) is 103 Å². The lowest BCUT2D eigenvalue weighted by Crippen LogP contribution is -2.57. The molecule has 180 valence electrons. The van der Waals surface area contributed by atoms with Crippen LogP contribution in [-0.2, 0) is 0 Å². The van der Waals surface area contributed by atoms with E-state index in [1.807, 2.05) is 0 Å². The van der Waals surface area contributed by atoms with Crippen molar-refractivity contribution in [2.45, 2.75) is 122 Å². The largest absolute Gasteiger partial charge is 0.396 e. The molecule has 0 spiro atoms. The summed E-state index contributed by atoms with van der Waals surface area (Å²) in [6.45, 7) is 1.83. The van der Waals surface area contributed by atoms with Crippen molar-refractivity contribution in [1.82, 2.24) is 10.6 Å². The van der Waals surface area contributed by atoms with Crippen LogP contribution in [0.2, 0.25) is 0 Å². The highest BCUT2D eigenvalue weighted by Gasteiger charge is 2.29. The van der Waals surface area contributed by atoms with Gasteiger partial charge in [-0.2, -0.15) is 0 Å². The van der Waals surface area contributed by atoms with E-state index >= 15 is 0 Å². The molecular formula is C24H50N2O4. The zero-order valence-electron chi connectivity index (χ0n) is 19.6. The van der Waals surface area contributed by atoms with E-state index in [4.69, 9.17) is 5.11 Å². The molecule has 0 saturated heterocycles. The predicted octanol–water partition coefficient (Wildman–Crippen LogP) is 4.65. The Morgan fingerprint density at radius 1 is 0.667 bits per heavy atom. The molecule has 0 aliphatic rings. The third-order valence-electron chi connectivity index (χ3n) is 5.89. The summed E-state index contributed by atoms with van der Waals surface area (Å²) in [5, 5.41) is 33.1. The number of carbonyl (C=O) groups excluding carboxylic acids is 1. The van der Waals surface area contributed by atoms with Gasteiger partial charge in [0.1, 0.15) is 0 Å². The zero-order chi connectivity index (χ0) is 22.3. The van der Waals surface area contributed by atoms with Gasteiger partial charge in [0.25, 0.3) is 0 Å². The quantitative estimate of drug-likeness (QED) is 0.161. The summed E-state index contributed by atoms with van der Waals surface area (Å²) in [4.78, 5) is 11.9. The van der Waals surface area contributed by atoms with Crippen molar-refractivity contribution in [3.05, 3.63) is 0 Å². The molecule has 0 saturated carbocycles. The van der Waals surface area contributed by atoms with E-state index in [1.165, 1.54) is 89.9 Å². The Kier molecular flexibility index (Phi) is 20.8. The fraction of sp³-hybridized carbons (Fsp3) is 0.958. The van der Waals surface area contributed by atoms with Gasteiger partial charge in [0.15, 0.2) is 0 Å². The lowest BCUT2D eigenvalue weighted by molar-refractivity contribution is 0.0748. The molecule has 0 aromatic heterocycles. The van der Waals surface area contributed by atoms with E-state index in [2.05, 4.69) is 17.6 Å². The van der Waals surface area contributed by atoms with E-state index in [0.717, 1.165) is 12.8 Å². The number of aliphatic hydroxyl groups is 3. The Morgan fingerprint density at radius 2 is 1.07 bits per heavy atom. The second-order valence-electron chi connectivity index (χ2n) is 8.75. The van der Waals surface area contributed by atoms with Crippen LogP contribution in [0.3, 0.4) is 0 Å². The van der Waals surface area contributed by atoms with Crippen molar-refractivity contribution in [2.24, 2.45) is 0 Å². The standard InChI is InChI=1S/C24H50N2O4/c1-2-3-4-5-6-7-8-9-10-11-12-13-14-15-16-17-19-25-23(30)26-24(21-28,22-29)18-20-27/h27-29H,2-22H2,1H3,(H2,25,26,30). The summed E-state index contributed by atoms with van der Waals surface area (Å²) < 4.78 is 0. The van der Waals surface area contributed by atoms with Crippen LogP contribution in [0.15, 0.2) is 0 Å². The van der Waals surface area contributed by atoms with Gasteiger partial charge in [-0.3, -0.25) is 0 Å². The molecule has 5 N–H and O–H groups in total. The van der Waals surface area contributed by atoms with Gasteiger partial charge in [0.2, 0.25) is 0 Å². The van der Waals surface area contributed by atoms with E-state index in [9.17, 15) is 15.0 Å². The van der Waals surface area contributed by atoms with Gasteiger partial charge in [-0.05, 0) is 12.8 Å². The molecule has 2 amide bonds. The number of hydrogen-bond donors (Lipinski definition) is 5. The smallest absolute Gasteiger partial charge is 0.315 e. The zero-order valence-corrected chi connectivity index (χ0v) is 19.6. The van der Waals surface area contributed by atoms with Crippen molar-refractivity contribution < 1.29 is 20.1 Å². The summed E-state index contributed by atoms with van der Waals surface area (Å²) in [5.41, 5.74) is -1.16. The predicted molar refractivity (Wildman–Crippen MR) is 125 cm³/mol. The Bertz CT molecular complexity index is 376. The molecule has 0 bridgehead atoms. The van der Waals surface area contributed by atoms with Crippen LogP contribution in [0.5, 0.6) is 0 Å². The summed E-state index contributed by atoms with van der Waals surface area (Å²) in [7, 11) is 0. The van der Waals surface area contributed by atoms with Gasteiger partial charge in [0.05, 0.1) is 18.8 Å². The van der Waals surface area contributed by atoms with Crippen LogP contribution in [0.4, 0.5) is 4.79 Å². The van der Waals surface area contributed by atoms with Crippen molar-refractivity contribution in [2.75, 3.05) is 26.4 Å². The minimum Gasteiger partial charge on any atom is -0.396 e. The lowest BCUT2D eigenvalue weighted by atomic mass is 9.98. The minimum absolute atomic E-state index is 0.118. The number of unbranched alkanes of at least 4 members (excludes halogenated alkanes) is 15. The van der Waals surface area contributed by atoms with Crippen molar-refractivity contribution in [1.29, 1.82) is 0 Å². The molecule has 6 nitrogen and oxygen atoms in total. The van der Waals surface area contributed by atoms with Gasteiger partial charge in [-0.25, -0.2) is 4.79 Å². The number of rotatable bonds is 22. The first kappa shape index (κ1) is 29.1. The second kappa shape index (κ2) is 21.4. The minimum atomic E-state index is -1.16. The SMILES string of the molecule is CCCCCCCCCCCCCCCCCCNC(=O)NC(CO)(CO)CCO. The van der Waals surface area contributed by atoms with E-state index in [-0.39, 0.29) is 13.0 Å². The lowest BCUT2D eigenvalue weighted by Gasteiger charge is -2.30. The maximum atomic E-state index is 11.9. The molecule has 0 aromatic rings. The first-order chi connectivity index (χ1) is 14.6. The molecule has 0 fully saturated rings. The fourth-order valence-corrected chi connectivity index (χ4v) is 3.72. The molecule has 30 heavy (non-hydrogen) atoms. The Balaban J connectivity index is 3.39. The highest BCUT2D eigenvalue weighted by Crippen LogP contribution is 2.13. The number of hydrogen-bond acceptors (Lipinski definition) is 4. The number of aliphatic hydroxyl groups excluding tert-OH is 3. The Morgan fingerprint density at radius 3 is 1.43 bits per heavy atom. The first-order valence-corrected chi connectivity index (χ1v) is 12.5. The molecule has 0 aliphatic heterocycles. The average molecular weight is 431 g/mol. The molecule has 0 atom stereocenters. The van der Waals surface area contributed by atoms with Crippen LogP contribution in [0, 0.1) is 0 Å². The summed E-state index contributed by atoms with van der Waals surface area (Å²) in [5.74, 6) is 0. The topological polar surface area (TPSA) is 102 Å². The molecule has 0 aromatic carbocycles. The molecule has 6 heteroatoms. The molecule has 0 unspecified atom stereocenters. The molecule has 0 aliphatic carbocycles. The summed E-state index contributed by atoms with van der Waals surface area (Å²) in [6, 6.07) is -0.410. The second-order valence-corrected chi connectivity index (χ2v) is 8.75. The van der Waals surface area contributed by atoms with Gasteiger partial charge < -0.3 is 26.0 Å². The third kappa shape index (κ3) is 16.9. The Labute approximate surface area is 185 Å². The van der Waals surface area contributed by atoms with Gasteiger partial charge in [0, 0.05) is 13.2 Å². The fourth-order valence-electron chi connectivity index (χ4n) is 3.72.